The number of carbonyl (C=O) groups excluding carboxylic acids is 2. The highest BCUT2D eigenvalue weighted by Crippen LogP contribution is 2.64. The summed E-state index contributed by atoms with van der Waals surface area (Å²) in [6.45, 7) is -1.52. The lowest BCUT2D eigenvalue weighted by molar-refractivity contribution is -0.162. The van der Waals surface area contributed by atoms with Crippen molar-refractivity contribution in [3.8, 4) is 5.75 Å². The molecule has 13 heteroatoms. The van der Waals surface area contributed by atoms with Crippen molar-refractivity contribution in [3.63, 3.8) is 0 Å². The Balaban J connectivity index is 1.44. The number of nitrogens with one attached hydrogen (secondary N) is 2. The summed E-state index contributed by atoms with van der Waals surface area (Å²) in [4.78, 5) is 28.4. The van der Waals surface area contributed by atoms with Crippen LogP contribution in [0.5, 0.6) is 5.75 Å². The number of amides is 2. The molecular weight excluding hydrogens is 465 g/mol. The molecule has 1 heterocycles. The van der Waals surface area contributed by atoms with E-state index in [9.17, 15) is 31.2 Å². The first kappa shape index (κ1) is 23.1. The molecule has 1 aromatic heterocycles. The number of alkyl halides is 3. The highest BCUT2D eigenvalue weighted by Gasteiger charge is 2.62. The molecule has 0 spiro atoms. The zero-order valence-electron chi connectivity index (χ0n) is 17.5. The number of methoxy groups -OCH3 is 1. The second-order valence-electron chi connectivity index (χ2n) is 8.33. The molecule has 5 rings (SSSR count). The fourth-order valence-corrected chi connectivity index (χ4v) is 5.40. The third kappa shape index (κ3) is 4.54. The molecule has 2 amide bonds. The van der Waals surface area contributed by atoms with Gasteiger partial charge in [-0.05, 0) is 43.4 Å². The topological polar surface area (TPSA) is 119 Å². The lowest BCUT2D eigenvalue weighted by atomic mass is 9.44. The monoisotopic (exact) mass is 486 g/mol. The molecule has 2 bridgehead atoms. The molecule has 33 heavy (non-hydrogen) atoms. The summed E-state index contributed by atoms with van der Waals surface area (Å²) in [5.41, 5.74) is -0.576. The summed E-state index contributed by atoms with van der Waals surface area (Å²) < 4.78 is 71.4. The van der Waals surface area contributed by atoms with Crippen molar-refractivity contribution < 1.29 is 35.9 Å². The smallest absolute Gasteiger partial charge is 0.406 e. The van der Waals surface area contributed by atoms with E-state index < -0.39 is 40.0 Å². The van der Waals surface area contributed by atoms with Crippen molar-refractivity contribution in [2.75, 3.05) is 7.11 Å². The van der Waals surface area contributed by atoms with Crippen LogP contribution in [0.1, 0.15) is 35.4 Å². The summed E-state index contributed by atoms with van der Waals surface area (Å²) in [7, 11) is -3.01. The largest absolute Gasteiger partial charge is 0.495 e. The number of benzene rings is 1. The molecule has 9 nitrogen and oxygen atoms in total. The molecule has 1 aromatic carbocycles. The van der Waals surface area contributed by atoms with Gasteiger partial charge in [0.15, 0.2) is 0 Å². The highest BCUT2D eigenvalue weighted by atomic mass is 32.2. The van der Waals surface area contributed by atoms with Crippen molar-refractivity contribution in [1.29, 1.82) is 0 Å². The van der Waals surface area contributed by atoms with Crippen LogP contribution >= 0.6 is 0 Å². The molecule has 3 fully saturated rings. The van der Waals surface area contributed by atoms with Gasteiger partial charge in [-0.25, -0.2) is 18.1 Å². The van der Waals surface area contributed by atoms with Crippen LogP contribution in [0.2, 0.25) is 0 Å². The van der Waals surface area contributed by atoms with Gasteiger partial charge in [-0.3, -0.25) is 9.59 Å². The fourth-order valence-electron chi connectivity index (χ4n) is 4.18. The normalized spacial score (nSPS) is 21.5. The Bertz CT molecular complexity index is 1190. The molecule has 0 aliphatic heterocycles. The average Bonchev–Trinajstić information content (AvgIpc) is 3.07. The van der Waals surface area contributed by atoms with Crippen LogP contribution in [0.15, 0.2) is 35.5 Å². The maximum atomic E-state index is 12.7. The van der Waals surface area contributed by atoms with Crippen LogP contribution in [-0.4, -0.2) is 43.1 Å². The molecule has 0 unspecified atom stereocenters. The second-order valence-corrected chi connectivity index (χ2v) is 9.98. The summed E-state index contributed by atoms with van der Waals surface area (Å²) in [5.74, 6) is -0.862. The molecule has 0 atom stereocenters. The number of imidazole rings is 1. The van der Waals surface area contributed by atoms with E-state index in [2.05, 4.69) is 15.0 Å². The van der Waals surface area contributed by atoms with Crippen molar-refractivity contribution in [2.24, 2.45) is 11.3 Å². The van der Waals surface area contributed by atoms with Crippen LogP contribution in [0.4, 0.5) is 13.2 Å². The molecule has 2 aromatic rings. The third-order valence-corrected chi connectivity index (χ3v) is 7.39. The predicted octanol–water partition coefficient (Wildman–Crippen LogP) is 1.99. The Morgan fingerprint density at radius 1 is 1.27 bits per heavy atom. The number of rotatable bonds is 8. The van der Waals surface area contributed by atoms with E-state index in [1.807, 2.05) is 0 Å². The van der Waals surface area contributed by atoms with E-state index in [1.165, 1.54) is 25.4 Å². The van der Waals surface area contributed by atoms with Gasteiger partial charge >= 0.3 is 6.18 Å². The van der Waals surface area contributed by atoms with Crippen LogP contribution in [-0.2, 0) is 27.9 Å². The van der Waals surface area contributed by atoms with Gasteiger partial charge in [0, 0.05) is 18.0 Å². The Labute approximate surface area is 187 Å². The first-order valence-corrected chi connectivity index (χ1v) is 11.5. The van der Waals surface area contributed by atoms with E-state index in [0.717, 1.165) is 16.8 Å². The van der Waals surface area contributed by atoms with E-state index in [0.29, 0.717) is 25.2 Å². The second kappa shape index (κ2) is 8.04. The summed E-state index contributed by atoms with van der Waals surface area (Å²) in [6, 6.07) is 3.54. The van der Waals surface area contributed by atoms with Crippen LogP contribution in [0.3, 0.4) is 0 Å². The number of sulfonamides is 1. The van der Waals surface area contributed by atoms with E-state index in [-0.39, 0.29) is 28.6 Å². The molecule has 3 aliphatic carbocycles. The van der Waals surface area contributed by atoms with Gasteiger partial charge in [0.05, 0.1) is 19.1 Å². The minimum atomic E-state index is -4.44. The third-order valence-electron chi connectivity index (χ3n) is 6.02. The number of carbonyl (C=O) groups is 2. The Morgan fingerprint density at radius 2 is 1.97 bits per heavy atom. The standard InChI is InChI=1S/C20H21F3N4O5S/c1-32-14-6-13(17(28)25-10-16-24-4-5-27(16)11-20(21,22)23)2-3-15(14)33(30,31)26-18(29)19-7-12(8-19)9-19/h2-6,12H,7-11H2,1H3,(H,25,28)(H,26,29). The Hall–Kier alpha value is -3.09. The summed E-state index contributed by atoms with van der Waals surface area (Å²) >= 11 is 0. The zero-order valence-corrected chi connectivity index (χ0v) is 18.3. The number of nitrogens with zero attached hydrogens (tertiary/aromatic N) is 2. The first-order valence-electron chi connectivity index (χ1n) is 10.0. The van der Waals surface area contributed by atoms with Gasteiger partial charge in [0.1, 0.15) is 23.0 Å². The fraction of sp³-hybridized carbons (Fsp3) is 0.450. The molecule has 3 aliphatic rings. The maximum absolute atomic E-state index is 12.7. The van der Waals surface area contributed by atoms with Crippen LogP contribution in [0, 0.1) is 11.3 Å². The van der Waals surface area contributed by atoms with Gasteiger partial charge in [-0.1, -0.05) is 0 Å². The molecule has 2 N–H and O–H groups in total. The van der Waals surface area contributed by atoms with Crippen molar-refractivity contribution in [3.05, 3.63) is 42.0 Å². The van der Waals surface area contributed by atoms with Crippen molar-refractivity contribution >= 4 is 21.8 Å². The average molecular weight is 486 g/mol. The minimum Gasteiger partial charge on any atom is -0.495 e. The molecule has 3 saturated carbocycles. The number of ether oxygens (including phenoxy) is 1. The summed E-state index contributed by atoms with van der Waals surface area (Å²) in [5, 5.41) is 2.45. The van der Waals surface area contributed by atoms with E-state index in [1.54, 1.807) is 0 Å². The molecular formula is C20H21F3N4O5S. The number of aromatic nitrogens is 2. The van der Waals surface area contributed by atoms with E-state index in [4.69, 9.17) is 4.74 Å². The maximum Gasteiger partial charge on any atom is 0.406 e. The first-order chi connectivity index (χ1) is 15.4. The SMILES string of the molecule is COc1cc(C(=O)NCc2nccn2CC(F)(F)F)ccc1S(=O)(=O)NC(=O)C12CC(C1)C2. The van der Waals surface area contributed by atoms with Gasteiger partial charge in [-0.15, -0.1) is 0 Å². The minimum absolute atomic E-state index is 0.00292. The van der Waals surface area contributed by atoms with Crippen molar-refractivity contribution in [1.82, 2.24) is 19.6 Å². The van der Waals surface area contributed by atoms with Crippen LogP contribution in [0.25, 0.3) is 0 Å². The highest BCUT2D eigenvalue weighted by molar-refractivity contribution is 7.90. The molecule has 178 valence electrons. The lowest BCUT2D eigenvalue weighted by Crippen LogP contribution is -2.61. The predicted molar refractivity (Wildman–Crippen MR) is 108 cm³/mol. The zero-order chi connectivity index (χ0) is 24.0. The Kier molecular flexibility index (Phi) is 5.63. The summed E-state index contributed by atoms with van der Waals surface area (Å²) in [6.07, 6.45) is -0.0401. The molecule has 0 saturated heterocycles. The van der Waals surface area contributed by atoms with Crippen LogP contribution < -0.4 is 14.8 Å². The quantitative estimate of drug-likeness (QED) is 0.589. The number of hydrogen-bond acceptors (Lipinski definition) is 6. The number of hydrogen-bond donors (Lipinski definition) is 2. The van der Waals surface area contributed by atoms with Crippen molar-refractivity contribution in [2.45, 2.75) is 43.4 Å². The molecule has 0 radical (unpaired) electrons. The lowest BCUT2D eigenvalue weighted by Gasteiger charge is -2.59. The Morgan fingerprint density at radius 3 is 2.55 bits per heavy atom. The number of halogens is 3. The van der Waals surface area contributed by atoms with E-state index >= 15 is 0 Å². The van der Waals surface area contributed by atoms with Gasteiger partial charge < -0.3 is 14.6 Å². The van der Waals surface area contributed by atoms with Gasteiger partial charge in [0.25, 0.3) is 15.9 Å². The van der Waals surface area contributed by atoms with Gasteiger partial charge in [-0.2, -0.15) is 13.2 Å². The van der Waals surface area contributed by atoms with Gasteiger partial charge in [0.2, 0.25) is 5.91 Å².